The number of carbonyl (C=O) groups is 2. The van der Waals surface area contributed by atoms with Gasteiger partial charge in [-0.25, -0.2) is 0 Å². The van der Waals surface area contributed by atoms with Gasteiger partial charge in [0, 0.05) is 15.9 Å². The molecule has 0 bridgehead atoms. The van der Waals surface area contributed by atoms with Crippen molar-refractivity contribution in [1.82, 2.24) is 5.32 Å². The van der Waals surface area contributed by atoms with Crippen LogP contribution in [0.15, 0.2) is 24.3 Å². The lowest BCUT2D eigenvalue weighted by Gasteiger charge is -2.17. The highest BCUT2D eigenvalue weighted by atomic mass is 127. The molecule has 0 heterocycles. The van der Waals surface area contributed by atoms with Crippen LogP contribution in [0.2, 0.25) is 0 Å². The smallest absolute Gasteiger partial charge is 0.240 e. The van der Waals surface area contributed by atoms with E-state index in [1.807, 2.05) is 24.3 Å². The first-order valence-electron chi connectivity index (χ1n) is 5.74. The van der Waals surface area contributed by atoms with Gasteiger partial charge in [0.05, 0.1) is 0 Å². The second-order valence-corrected chi connectivity index (χ2v) is 5.69. The Balaban J connectivity index is 2.72. The second kappa shape index (κ2) is 6.72. The lowest BCUT2D eigenvalue weighted by atomic mass is 10.0. The van der Waals surface area contributed by atoms with E-state index in [2.05, 4.69) is 27.9 Å². The third-order valence-corrected chi connectivity index (χ3v) is 3.26. The maximum atomic E-state index is 11.6. The zero-order valence-electron chi connectivity index (χ0n) is 10.4. The van der Waals surface area contributed by atoms with Crippen molar-refractivity contribution in [2.24, 2.45) is 11.7 Å². The van der Waals surface area contributed by atoms with Crippen molar-refractivity contribution in [2.45, 2.75) is 26.3 Å². The highest BCUT2D eigenvalue weighted by molar-refractivity contribution is 14.1. The van der Waals surface area contributed by atoms with E-state index >= 15 is 0 Å². The molecular formula is C13H17IN2O2. The Hall–Kier alpha value is -1.11. The van der Waals surface area contributed by atoms with Crippen LogP contribution in [-0.2, 0) is 16.0 Å². The fourth-order valence-electron chi connectivity index (χ4n) is 1.42. The highest BCUT2D eigenvalue weighted by Crippen LogP contribution is 2.09. The van der Waals surface area contributed by atoms with E-state index < -0.39 is 11.9 Å². The summed E-state index contributed by atoms with van der Waals surface area (Å²) in [5.41, 5.74) is 6.28. The molecule has 98 valence electrons. The summed E-state index contributed by atoms with van der Waals surface area (Å²) in [6, 6.07) is 7.12. The number of amides is 2. The molecular weight excluding hydrogens is 343 g/mol. The number of carbonyl (C=O) groups excluding carboxylic acids is 2. The van der Waals surface area contributed by atoms with Crippen LogP contribution in [0.3, 0.4) is 0 Å². The minimum Gasteiger partial charge on any atom is -0.368 e. The fourth-order valence-corrected chi connectivity index (χ4v) is 1.78. The van der Waals surface area contributed by atoms with E-state index in [4.69, 9.17) is 5.73 Å². The van der Waals surface area contributed by atoms with E-state index in [0.29, 0.717) is 6.42 Å². The topological polar surface area (TPSA) is 72.2 Å². The SMILES string of the molecule is CC(C)C(=O)N[C@@H](Cc1ccc(I)cc1)C(N)=O. The molecule has 0 aliphatic heterocycles. The first kappa shape index (κ1) is 14.9. The van der Waals surface area contributed by atoms with Gasteiger partial charge < -0.3 is 11.1 Å². The normalized spacial score (nSPS) is 12.2. The van der Waals surface area contributed by atoms with E-state index in [1.54, 1.807) is 13.8 Å². The molecule has 0 unspecified atom stereocenters. The van der Waals surface area contributed by atoms with E-state index in [1.165, 1.54) is 0 Å². The molecule has 0 radical (unpaired) electrons. The van der Waals surface area contributed by atoms with Crippen LogP contribution in [0.5, 0.6) is 0 Å². The van der Waals surface area contributed by atoms with Gasteiger partial charge in [-0.15, -0.1) is 0 Å². The molecule has 0 aliphatic carbocycles. The van der Waals surface area contributed by atoms with E-state index in [-0.39, 0.29) is 11.8 Å². The Morgan fingerprint density at radius 1 is 1.28 bits per heavy atom. The summed E-state index contributed by atoms with van der Waals surface area (Å²) < 4.78 is 1.12. The summed E-state index contributed by atoms with van der Waals surface area (Å²) in [6.07, 6.45) is 0.421. The number of hydrogen-bond donors (Lipinski definition) is 2. The second-order valence-electron chi connectivity index (χ2n) is 4.45. The molecule has 1 aromatic carbocycles. The number of primary amides is 1. The molecule has 0 fully saturated rings. The molecule has 1 aromatic rings. The third kappa shape index (κ3) is 4.64. The molecule has 4 nitrogen and oxygen atoms in total. The molecule has 1 rings (SSSR count). The first-order valence-corrected chi connectivity index (χ1v) is 6.82. The summed E-state index contributed by atoms with van der Waals surface area (Å²) in [6.45, 7) is 3.55. The number of halogens is 1. The lowest BCUT2D eigenvalue weighted by molar-refractivity contribution is -0.129. The Morgan fingerprint density at radius 3 is 2.28 bits per heavy atom. The van der Waals surface area contributed by atoms with Crippen molar-refractivity contribution in [3.63, 3.8) is 0 Å². The molecule has 0 aromatic heterocycles. The average molecular weight is 360 g/mol. The number of nitrogens with one attached hydrogen (secondary N) is 1. The van der Waals surface area contributed by atoms with E-state index in [9.17, 15) is 9.59 Å². The fraction of sp³-hybridized carbons (Fsp3) is 0.385. The number of nitrogens with two attached hydrogens (primary N) is 1. The summed E-state index contributed by atoms with van der Waals surface area (Å²) in [5, 5.41) is 2.66. The lowest BCUT2D eigenvalue weighted by Crippen LogP contribution is -2.47. The van der Waals surface area contributed by atoms with Crippen LogP contribution in [0.4, 0.5) is 0 Å². The summed E-state index contributed by atoms with van der Waals surface area (Å²) in [5.74, 6) is -0.838. The van der Waals surface area contributed by atoms with Gasteiger partial charge in [-0.2, -0.15) is 0 Å². The molecule has 18 heavy (non-hydrogen) atoms. The molecule has 5 heteroatoms. The van der Waals surface area contributed by atoms with Crippen molar-refractivity contribution >= 4 is 34.4 Å². The number of rotatable bonds is 5. The van der Waals surface area contributed by atoms with Crippen LogP contribution in [0.25, 0.3) is 0 Å². The molecule has 1 atom stereocenters. The van der Waals surface area contributed by atoms with Gasteiger partial charge in [0.2, 0.25) is 11.8 Å². The maximum absolute atomic E-state index is 11.6. The van der Waals surface area contributed by atoms with Crippen LogP contribution < -0.4 is 11.1 Å². The van der Waals surface area contributed by atoms with Crippen molar-refractivity contribution in [3.05, 3.63) is 33.4 Å². The number of hydrogen-bond acceptors (Lipinski definition) is 2. The largest absolute Gasteiger partial charge is 0.368 e. The highest BCUT2D eigenvalue weighted by Gasteiger charge is 2.19. The van der Waals surface area contributed by atoms with Crippen LogP contribution >= 0.6 is 22.6 Å². The molecule has 2 amide bonds. The average Bonchev–Trinajstić information content (AvgIpc) is 2.30. The van der Waals surface area contributed by atoms with Crippen molar-refractivity contribution < 1.29 is 9.59 Å². The van der Waals surface area contributed by atoms with E-state index in [0.717, 1.165) is 9.13 Å². The van der Waals surface area contributed by atoms with Gasteiger partial charge in [0.1, 0.15) is 6.04 Å². The quantitative estimate of drug-likeness (QED) is 0.781. The monoisotopic (exact) mass is 360 g/mol. The standard InChI is InChI=1S/C13H17IN2O2/c1-8(2)13(18)16-11(12(15)17)7-9-3-5-10(14)6-4-9/h3-6,8,11H,7H2,1-2H3,(H2,15,17)(H,16,18)/t11-/m0/s1. The maximum Gasteiger partial charge on any atom is 0.240 e. The van der Waals surface area contributed by atoms with Gasteiger partial charge in [0.25, 0.3) is 0 Å². The van der Waals surface area contributed by atoms with Gasteiger partial charge in [0.15, 0.2) is 0 Å². The Labute approximate surface area is 120 Å². The Bertz CT molecular complexity index is 429. The van der Waals surface area contributed by atoms with Crippen molar-refractivity contribution in [3.8, 4) is 0 Å². The molecule has 3 N–H and O–H groups in total. The summed E-state index contributed by atoms with van der Waals surface area (Å²) >= 11 is 2.21. The molecule has 0 saturated heterocycles. The molecule has 0 spiro atoms. The third-order valence-electron chi connectivity index (χ3n) is 2.54. The first-order chi connectivity index (χ1) is 8.40. The van der Waals surface area contributed by atoms with Crippen LogP contribution in [-0.4, -0.2) is 17.9 Å². The predicted molar refractivity (Wildman–Crippen MR) is 78.8 cm³/mol. The van der Waals surface area contributed by atoms with Crippen LogP contribution in [0, 0.1) is 9.49 Å². The molecule has 0 aliphatic rings. The minimum absolute atomic E-state index is 0.163. The summed E-state index contributed by atoms with van der Waals surface area (Å²) in [4.78, 5) is 22.9. The zero-order chi connectivity index (χ0) is 13.7. The van der Waals surface area contributed by atoms with Gasteiger partial charge in [-0.3, -0.25) is 9.59 Å². The Kier molecular flexibility index (Phi) is 5.58. The van der Waals surface area contributed by atoms with Gasteiger partial charge >= 0.3 is 0 Å². The van der Waals surface area contributed by atoms with Crippen molar-refractivity contribution in [1.29, 1.82) is 0 Å². The predicted octanol–water partition coefficient (Wildman–Crippen LogP) is 1.46. The minimum atomic E-state index is -0.653. The molecule has 0 saturated carbocycles. The van der Waals surface area contributed by atoms with Crippen LogP contribution in [0.1, 0.15) is 19.4 Å². The van der Waals surface area contributed by atoms with Gasteiger partial charge in [-0.1, -0.05) is 26.0 Å². The Morgan fingerprint density at radius 2 is 1.83 bits per heavy atom. The summed E-state index contributed by atoms with van der Waals surface area (Å²) in [7, 11) is 0. The zero-order valence-corrected chi connectivity index (χ0v) is 12.6. The van der Waals surface area contributed by atoms with Gasteiger partial charge in [-0.05, 0) is 40.3 Å². The number of benzene rings is 1. The van der Waals surface area contributed by atoms with Crippen molar-refractivity contribution in [2.75, 3.05) is 0 Å².